The van der Waals surface area contributed by atoms with Gasteiger partial charge in [0.2, 0.25) is 0 Å². The molecule has 0 saturated carbocycles. The van der Waals surface area contributed by atoms with Crippen LogP contribution >= 0.6 is 0 Å². The molecule has 1 aliphatic heterocycles. The van der Waals surface area contributed by atoms with Crippen LogP contribution in [0.1, 0.15) is 34.1 Å². The van der Waals surface area contributed by atoms with Crippen molar-refractivity contribution >= 4 is 17.6 Å². The summed E-state index contributed by atoms with van der Waals surface area (Å²) in [5.41, 5.74) is -0.480. The molecule has 0 aromatic heterocycles. The molecule has 0 radical (unpaired) electrons. The Kier molecular flexibility index (Phi) is 4.17. The van der Waals surface area contributed by atoms with Gasteiger partial charge in [-0.3, -0.25) is 0 Å². The summed E-state index contributed by atoms with van der Waals surface area (Å²) in [6, 6.07) is 0. The average molecular weight is 228 g/mol. The van der Waals surface area contributed by atoms with Crippen molar-refractivity contribution in [3.63, 3.8) is 0 Å². The molecule has 0 unspecified atom stereocenters. The molecule has 3 nitrogen and oxygen atoms in total. The summed E-state index contributed by atoms with van der Waals surface area (Å²) in [7, 11) is 0.585. The Balaban J connectivity index is 2.45. The molecule has 0 aromatic carbocycles. The van der Waals surface area contributed by atoms with Crippen LogP contribution in [-0.2, 0) is 13.7 Å². The van der Waals surface area contributed by atoms with Gasteiger partial charge < -0.3 is 13.7 Å². The standard InChI is InChI=1S/C10H21BO3Si/c1-9(2)10(3,4)14-11(13-9)7-5-6-8-12-15/h5,7H,6,8H2,1-4,15H3/b7-5+. The molecule has 0 bridgehead atoms. The van der Waals surface area contributed by atoms with Crippen LogP contribution in [-0.4, -0.2) is 35.4 Å². The second-order valence-electron chi connectivity index (χ2n) is 4.83. The maximum absolute atomic E-state index is 5.80. The molecule has 1 aliphatic rings. The molecule has 0 amide bonds. The summed E-state index contributed by atoms with van der Waals surface area (Å²) in [4.78, 5) is 0. The summed E-state index contributed by atoms with van der Waals surface area (Å²) in [6.45, 7) is 9.02. The van der Waals surface area contributed by atoms with E-state index in [2.05, 4.69) is 33.8 Å². The first-order valence-electron chi connectivity index (χ1n) is 5.40. The van der Waals surface area contributed by atoms with Crippen molar-refractivity contribution in [2.75, 3.05) is 6.61 Å². The Labute approximate surface area is 95.9 Å². The Morgan fingerprint density at radius 1 is 1.20 bits per heavy atom. The lowest BCUT2D eigenvalue weighted by molar-refractivity contribution is 0.00578. The Bertz CT molecular complexity index is 225. The zero-order chi connectivity index (χ0) is 11.5. The van der Waals surface area contributed by atoms with Crippen LogP contribution in [0.15, 0.2) is 12.1 Å². The lowest BCUT2D eigenvalue weighted by atomic mass is 9.90. The number of hydrogen-bond acceptors (Lipinski definition) is 3. The molecular formula is C10H21BO3Si. The maximum atomic E-state index is 5.80. The van der Waals surface area contributed by atoms with Crippen molar-refractivity contribution in [3.05, 3.63) is 12.1 Å². The maximum Gasteiger partial charge on any atom is 0.486 e. The molecule has 86 valence electrons. The third-order valence-electron chi connectivity index (χ3n) is 3.05. The first-order chi connectivity index (χ1) is 6.89. The highest BCUT2D eigenvalue weighted by molar-refractivity contribution is 6.51. The van der Waals surface area contributed by atoms with Crippen LogP contribution in [0.25, 0.3) is 0 Å². The van der Waals surface area contributed by atoms with Crippen molar-refractivity contribution < 1.29 is 13.7 Å². The van der Waals surface area contributed by atoms with Gasteiger partial charge >= 0.3 is 7.12 Å². The molecular weight excluding hydrogens is 207 g/mol. The van der Waals surface area contributed by atoms with Gasteiger partial charge in [0.15, 0.2) is 0 Å². The van der Waals surface area contributed by atoms with Crippen molar-refractivity contribution in [2.45, 2.75) is 45.3 Å². The molecule has 15 heavy (non-hydrogen) atoms. The lowest BCUT2D eigenvalue weighted by Gasteiger charge is -2.32. The molecule has 0 atom stereocenters. The molecule has 1 saturated heterocycles. The Morgan fingerprint density at radius 3 is 2.20 bits per heavy atom. The second-order valence-corrected chi connectivity index (χ2v) is 5.41. The van der Waals surface area contributed by atoms with Crippen LogP contribution in [0, 0.1) is 0 Å². The van der Waals surface area contributed by atoms with Crippen LogP contribution in [0.4, 0.5) is 0 Å². The van der Waals surface area contributed by atoms with Crippen molar-refractivity contribution in [3.8, 4) is 0 Å². The van der Waals surface area contributed by atoms with Crippen LogP contribution in [0.2, 0.25) is 0 Å². The Morgan fingerprint density at radius 2 is 1.73 bits per heavy atom. The van der Waals surface area contributed by atoms with Crippen LogP contribution < -0.4 is 0 Å². The molecule has 0 spiro atoms. The zero-order valence-corrected chi connectivity index (χ0v) is 12.4. The van der Waals surface area contributed by atoms with Gasteiger partial charge in [0.05, 0.1) is 11.2 Å². The van der Waals surface area contributed by atoms with Crippen molar-refractivity contribution in [2.24, 2.45) is 0 Å². The average Bonchev–Trinajstić information content (AvgIpc) is 2.30. The number of rotatable bonds is 4. The van der Waals surface area contributed by atoms with E-state index in [1.54, 1.807) is 0 Å². The minimum Gasteiger partial charge on any atom is -0.428 e. The van der Waals surface area contributed by atoms with E-state index in [9.17, 15) is 0 Å². The molecule has 5 heteroatoms. The number of hydrogen-bond donors (Lipinski definition) is 0. The fourth-order valence-electron chi connectivity index (χ4n) is 1.36. The van der Waals surface area contributed by atoms with E-state index >= 15 is 0 Å². The highest BCUT2D eigenvalue weighted by atomic mass is 28.2. The normalized spacial score (nSPS) is 24.1. The minimum absolute atomic E-state index is 0.218. The van der Waals surface area contributed by atoms with Crippen LogP contribution in [0.5, 0.6) is 0 Å². The van der Waals surface area contributed by atoms with E-state index in [1.807, 2.05) is 5.98 Å². The summed E-state index contributed by atoms with van der Waals surface area (Å²) >= 11 is 0. The predicted octanol–water partition coefficient (Wildman–Crippen LogP) is 0.861. The van der Waals surface area contributed by atoms with E-state index in [1.165, 1.54) is 0 Å². The topological polar surface area (TPSA) is 27.7 Å². The fourth-order valence-corrected chi connectivity index (χ4v) is 1.60. The van der Waals surface area contributed by atoms with E-state index in [0.29, 0.717) is 0 Å². The molecule has 1 rings (SSSR count). The van der Waals surface area contributed by atoms with Gasteiger partial charge in [-0.05, 0) is 34.1 Å². The van der Waals surface area contributed by atoms with Gasteiger partial charge in [-0.15, -0.1) is 0 Å². The molecule has 0 aromatic rings. The summed E-state index contributed by atoms with van der Waals surface area (Å²) in [5.74, 6) is 1.97. The zero-order valence-electron chi connectivity index (χ0n) is 10.4. The van der Waals surface area contributed by atoms with Gasteiger partial charge in [-0.1, -0.05) is 12.1 Å². The lowest BCUT2D eigenvalue weighted by Crippen LogP contribution is -2.41. The quantitative estimate of drug-likeness (QED) is 0.527. The third kappa shape index (κ3) is 3.18. The summed E-state index contributed by atoms with van der Waals surface area (Å²) in [5, 5.41) is 0. The van der Waals surface area contributed by atoms with Crippen molar-refractivity contribution in [1.82, 2.24) is 0 Å². The van der Waals surface area contributed by atoms with Gasteiger partial charge in [0.1, 0.15) is 10.5 Å². The van der Waals surface area contributed by atoms with Gasteiger partial charge in [-0.25, -0.2) is 0 Å². The van der Waals surface area contributed by atoms with Crippen molar-refractivity contribution in [1.29, 1.82) is 0 Å². The van der Waals surface area contributed by atoms with Crippen LogP contribution in [0.3, 0.4) is 0 Å². The van der Waals surface area contributed by atoms with E-state index in [-0.39, 0.29) is 18.3 Å². The molecule has 1 fully saturated rings. The van der Waals surface area contributed by atoms with Gasteiger partial charge in [0.25, 0.3) is 0 Å². The third-order valence-corrected chi connectivity index (χ3v) is 3.46. The minimum atomic E-state index is -0.240. The van der Waals surface area contributed by atoms with Gasteiger partial charge in [-0.2, -0.15) is 0 Å². The van der Waals surface area contributed by atoms with E-state index < -0.39 is 0 Å². The SMILES string of the molecule is CC1(C)OB(/C=C/CCO[SiH3])OC1(C)C. The molecule has 1 heterocycles. The summed E-state index contributed by atoms with van der Waals surface area (Å²) < 4.78 is 16.7. The highest BCUT2D eigenvalue weighted by Crippen LogP contribution is 2.36. The second kappa shape index (κ2) is 4.82. The highest BCUT2D eigenvalue weighted by Gasteiger charge is 2.49. The summed E-state index contributed by atoms with van der Waals surface area (Å²) in [6.07, 6.45) is 2.98. The monoisotopic (exact) mass is 228 g/mol. The van der Waals surface area contributed by atoms with E-state index in [0.717, 1.165) is 23.5 Å². The van der Waals surface area contributed by atoms with E-state index in [4.69, 9.17) is 13.7 Å². The smallest absolute Gasteiger partial charge is 0.428 e. The fraction of sp³-hybridized carbons (Fsp3) is 0.800. The Hall–Kier alpha value is -0.0982. The van der Waals surface area contributed by atoms with Gasteiger partial charge in [0, 0.05) is 6.61 Å². The molecule has 0 aliphatic carbocycles. The first-order valence-corrected chi connectivity index (χ1v) is 6.22. The largest absolute Gasteiger partial charge is 0.486 e. The molecule has 0 N–H and O–H groups in total. The first kappa shape index (κ1) is 13.0. The predicted molar refractivity (Wildman–Crippen MR) is 65.7 cm³/mol.